The van der Waals surface area contributed by atoms with E-state index in [1.165, 1.54) is 82.0 Å². The van der Waals surface area contributed by atoms with E-state index < -0.39 is 12.0 Å². The van der Waals surface area contributed by atoms with Gasteiger partial charge in [0.1, 0.15) is 6.04 Å². The van der Waals surface area contributed by atoms with E-state index in [0.717, 1.165) is 12.8 Å². The van der Waals surface area contributed by atoms with Gasteiger partial charge in [-0.2, -0.15) is 0 Å². The molecule has 27 heavy (non-hydrogen) atoms. The van der Waals surface area contributed by atoms with Crippen LogP contribution >= 0.6 is 0 Å². The Morgan fingerprint density at radius 1 is 0.778 bits per heavy atom. The van der Waals surface area contributed by atoms with Crippen molar-refractivity contribution < 1.29 is 14.4 Å². The smallest absolute Gasteiger partial charge is 0.320 e. The van der Waals surface area contributed by atoms with Crippen molar-refractivity contribution in [2.45, 2.75) is 104 Å². The molecule has 0 heterocycles. The molecule has 0 radical (unpaired) electrons. The summed E-state index contributed by atoms with van der Waals surface area (Å²) in [4.78, 5) is 10.1. The fraction of sp³-hybridized carbons (Fsp3) is 0.955. The quantitative estimate of drug-likeness (QED) is 0.252. The van der Waals surface area contributed by atoms with Crippen LogP contribution in [0.25, 0.3) is 0 Å². The van der Waals surface area contributed by atoms with Crippen LogP contribution in [0.4, 0.5) is 0 Å². The number of nitrogens with zero attached hydrogens (tertiary/aromatic N) is 1. The maximum absolute atomic E-state index is 10.1. The number of carboxylic acids is 1. The van der Waals surface area contributed by atoms with E-state index >= 15 is 0 Å². The minimum Gasteiger partial charge on any atom is -0.480 e. The Bertz CT molecular complexity index is 287. The number of nitrogens with two attached hydrogens (primary N) is 2. The Morgan fingerprint density at radius 2 is 1.15 bits per heavy atom. The number of hydrogen-bond donors (Lipinski definition) is 3. The third kappa shape index (κ3) is 17.2. The van der Waals surface area contributed by atoms with Crippen LogP contribution < -0.4 is 11.5 Å². The summed E-state index contributed by atoms with van der Waals surface area (Å²) >= 11 is 0. The van der Waals surface area contributed by atoms with Crippen molar-refractivity contribution >= 4 is 5.97 Å². The second-order valence-electron chi connectivity index (χ2n) is 7.88. The molecule has 0 saturated carbocycles. The predicted molar refractivity (Wildman–Crippen MR) is 118 cm³/mol. The molecule has 0 aliphatic carbocycles. The molecule has 0 aliphatic rings. The monoisotopic (exact) mass is 388 g/mol. The molecule has 0 spiro atoms. The van der Waals surface area contributed by atoms with E-state index in [4.69, 9.17) is 16.6 Å². The largest absolute Gasteiger partial charge is 0.480 e. The zero-order chi connectivity index (χ0) is 21.0. The van der Waals surface area contributed by atoms with Crippen molar-refractivity contribution in [3.8, 4) is 0 Å². The van der Waals surface area contributed by atoms with Gasteiger partial charge < -0.3 is 21.1 Å². The molecule has 0 saturated heterocycles. The molecular formula is C22H50N3O2+. The van der Waals surface area contributed by atoms with Gasteiger partial charge in [-0.15, -0.1) is 0 Å². The van der Waals surface area contributed by atoms with Gasteiger partial charge in [-0.1, -0.05) is 59.8 Å². The average Bonchev–Trinajstić information content (AvgIpc) is 2.67. The lowest BCUT2D eigenvalue weighted by Gasteiger charge is -2.39. The molecule has 0 aliphatic heterocycles. The third-order valence-corrected chi connectivity index (χ3v) is 5.23. The Labute approximate surface area is 169 Å². The molecule has 0 amide bonds. The van der Waals surface area contributed by atoms with Crippen molar-refractivity contribution in [3.05, 3.63) is 0 Å². The van der Waals surface area contributed by atoms with Crippen LogP contribution in [-0.4, -0.2) is 54.3 Å². The second-order valence-corrected chi connectivity index (χ2v) is 7.88. The van der Waals surface area contributed by atoms with Crippen molar-refractivity contribution in [2.75, 3.05) is 32.7 Å². The van der Waals surface area contributed by atoms with Crippen LogP contribution in [0.3, 0.4) is 0 Å². The van der Waals surface area contributed by atoms with E-state index in [9.17, 15) is 4.79 Å². The summed E-state index contributed by atoms with van der Waals surface area (Å²) in [6, 6.07) is -0.716. The molecule has 1 unspecified atom stereocenters. The summed E-state index contributed by atoms with van der Waals surface area (Å²) in [5.74, 6) is -0.933. The summed E-state index contributed by atoms with van der Waals surface area (Å²) in [6.07, 6.45) is 13.2. The first-order valence-corrected chi connectivity index (χ1v) is 11.5. The molecule has 0 bridgehead atoms. The lowest BCUT2D eigenvalue weighted by molar-refractivity contribution is -0.929. The summed E-state index contributed by atoms with van der Waals surface area (Å²) in [7, 11) is 0. The summed E-state index contributed by atoms with van der Waals surface area (Å²) in [5, 5.41) is 8.33. The van der Waals surface area contributed by atoms with Crippen molar-refractivity contribution in [2.24, 2.45) is 11.5 Å². The molecule has 0 aromatic heterocycles. The molecule has 5 nitrogen and oxygen atoms in total. The minimum absolute atomic E-state index is 0.520. The highest BCUT2D eigenvalue weighted by molar-refractivity contribution is 5.72. The third-order valence-electron chi connectivity index (χ3n) is 5.23. The van der Waals surface area contributed by atoms with Gasteiger partial charge in [-0.3, -0.25) is 4.79 Å². The van der Waals surface area contributed by atoms with Crippen LogP contribution in [0.1, 0.15) is 98.3 Å². The predicted octanol–water partition coefficient (Wildman–Crippen LogP) is 4.53. The zero-order valence-electron chi connectivity index (χ0n) is 18.8. The topological polar surface area (TPSA) is 89.3 Å². The van der Waals surface area contributed by atoms with Crippen LogP contribution in [0, 0.1) is 0 Å². The van der Waals surface area contributed by atoms with E-state index in [1.54, 1.807) is 0 Å². The van der Waals surface area contributed by atoms with E-state index in [0.29, 0.717) is 13.0 Å². The van der Waals surface area contributed by atoms with Crippen molar-refractivity contribution in [1.29, 1.82) is 0 Å². The van der Waals surface area contributed by atoms with Gasteiger partial charge >= 0.3 is 5.97 Å². The van der Waals surface area contributed by atoms with Gasteiger partial charge in [-0.05, 0) is 45.1 Å². The standard InChI is InChI=1S/C16H36N.C6H14N2O2/c1-5-9-13-17(14-10-6-2,15-11-7-3)16-12-8-4;7-4-2-1-3-5(8)6(9)10/h5-16H2,1-4H3;5H,1-4,7-8H2,(H,9,10)/q+1;. The molecule has 1 atom stereocenters. The lowest BCUT2D eigenvalue weighted by Crippen LogP contribution is -2.50. The Morgan fingerprint density at radius 3 is 1.41 bits per heavy atom. The fourth-order valence-electron chi connectivity index (χ4n) is 3.28. The summed E-state index contributed by atoms with van der Waals surface area (Å²) in [6.45, 7) is 15.6. The molecule has 5 N–H and O–H groups in total. The number of hydrogen-bond acceptors (Lipinski definition) is 3. The zero-order valence-corrected chi connectivity index (χ0v) is 18.8. The summed E-state index contributed by atoms with van der Waals surface area (Å²) in [5.41, 5.74) is 10.4. The molecule has 5 heteroatoms. The fourth-order valence-corrected chi connectivity index (χ4v) is 3.28. The highest BCUT2D eigenvalue weighted by atomic mass is 16.4. The maximum Gasteiger partial charge on any atom is 0.320 e. The highest BCUT2D eigenvalue weighted by Crippen LogP contribution is 2.16. The van der Waals surface area contributed by atoms with Crippen LogP contribution in [-0.2, 0) is 4.79 Å². The van der Waals surface area contributed by atoms with Gasteiger partial charge in [0.15, 0.2) is 0 Å². The highest BCUT2D eigenvalue weighted by Gasteiger charge is 2.24. The Kier molecular flexibility index (Phi) is 21.3. The average molecular weight is 389 g/mol. The number of carboxylic acid groups (broad SMARTS) is 1. The van der Waals surface area contributed by atoms with Gasteiger partial charge in [0.05, 0.1) is 26.2 Å². The van der Waals surface area contributed by atoms with E-state index in [-0.39, 0.29) is 0 Å². The number of rotatable bonds is 17. The number of aliphatic carboxylic acids is 1. The van der Waals surface area contributed by atoms with Crippen LogP contribution in [0.5, 0.6) is 0 Å². The molecule has 0 aromatic rings. The van der Waals surface area contributed by atoms with Gasteiger partial charge in [0.25, 0.3) is 0 Å². The van der Waals surface area contributed by atoms with Crippen molar-refractivity contribution in [1.82, 2.24) is 0 Å². The maximum atomic E-state index is 10.1. The van der Waals surface area contributed by atoms with E-state index in [1.807, 2.05) is 0 Å². The van der Waals surface area contributed by atoms with E-state index in [2.05, 4.69) is 27.7 Å². The molecular weight excluding hydrogens is 338 g/mol. The minimum atomic E-state index is -0.933. The second kappa shape index (κ2) is 20.1. The normalized spacial score (nSPS) is 12.4. The first-order valence-electron chi connectivity index (χ1n) is 11.5. The molecule has 0 rings (SSSR count). The molecule has 0 aromatic carbocycles. The number of carbonyl (C=O) groups is 1. The lowest BCUT2D eigenvalue weighted by atomic mass is 10.1. The first-order chi connectivity index (χ1) is 12.9. The van der Waals surface area contributed by atoms with Crippen LogP contribution in [0.15, 0.2) is 0 Å². The van der Waals surface area contributed by atoms with Gasteiger partial charge in [0.2, 0.25) is 0 Å². The van der Waals surface area contributed by atoms with Gasteiger partial charge in [-0.25, -0.2) is 0 Å². The number of unbranched alkanes of at least 4 members (excludes halogenated alkanes) is 5. The summed E-state index contributed by atoms with van der Waals surface area (Å²) < 4.78 is 1.42. The Hall–Kier alpha value is -0.650. The van der Waals surface area contributed by atoms with Gasteiger partial charge in [0, 0.05) is 0 Å². The van der Waals surface area contributed by atoms with Crippen molar-refractivity contribution in [3.63, 3.8) is 0 Å². The molecule has 0 fully saturated rings. The molecule has 164 valence electrons. The first kappa shape index (κ1) is 28.6. The SMILES string of the molecule is CCCC[N+](CCCC)(CCCC)CCCC.NCCCCC(N)C(=O)O. The van der Waals surface area contributed by atoms with Crippen LogP contribution in [0.2, 0.25) is 0 Å². The Balaban J connectivity index is 0. The number of quaternary nitrogens is 1.